The second-order valence-corrected chi connectivity index (χ2v) is 8.55. The summed E-state index contributed by atoms with van der Waals surface area (Å²) < 4.78 is 11.8. The minimum Gasteiger partial charge on any atom is -0.493 e. The van der Waals surface area contributed by atoms with E-state index in [1.54, 1.807) is 19.1 Å². The maximum atomic E-state index is 13.4. The zero-order valence-corrected chi connectivity index (χ0v) is 19.8. The van der Waals surface area contributed by atoms with Gasteiger partial charge in [-0.05, 0) is 94.4 Å². The van der Waals surface area contributed by atoms with Gasteiger partial charge >= 0.3 is 0 Å². The normalized spacial score (nSPS) is 14.7. The highest BCUT2D eigenvalue weighted by atomic mass is 127. The molecule has 0 atom stereocenters. The molecule has 156 valence electrons. The molecule has 0 aliphatic carbocycles. The molecule has 0 bridgehead atoms. The maximum Gasteiger partial charge on any atom is 0.262 e. The molecule has 0 saturated carbocycles. The molecule has 0 unspecified atom stereocenters. The molecule has 0 spiro atoms. The SMILES string of the molecule is COc1ccc(/C=C2\C=C(c3ccc(Cl)cc3)N(c3ccc(I)cc3)C2=O)cc1OC. The number of anilines is 1. The molecular weight excluding hydrogens is 525 g/mol. The first-order chi connectivity index (χ1) is 15.0. The third-order valence-corrected chi connectivity index (χ3v) is 5.91. The van der Waals surface area contributed by atoms with Gasteiger partial charge in [0.2, 0.25) is 0 Å². The summed E-state index contributed by atoms with van der Waals surface area (Å²) in [5.41, 5.74) is 3.94. The predicted octanol–water partition coefficient (Wildman–Crippen LogP) is 6.43. The van der Waals surface area contributed by atoms with Crippen LogP contribution < -0.4 is 14.4 Å². The molecule has 31 heavy (non-hydrogen) atoms. The van der Waals surface area contributed by atoms with Gasteiger partial charge in [0.25, 0.3) is 5.91 Å². The molecule has 3 aromatic carbocycles. The lowest BCUT2D eigenvalue weighted by molar-refractivity contribution is -0.113. The molecule has 1 aliphatic heterocycles. The molecule has 0 saturated heterocycles. The Morgan fingerprint density at radius 2 is 1.58 bits per heavy atom. The topological polar surface area (TPSA) is 38.8 Å². The van der Waals surface area contributed by atoms with Crippen LogP contribution in [-0.2, 0) is 4.79 Å². The molecule has 0 radical (unpaired) electrons. The molecule has 0 aromatic heterocycles. The molecule has 1 aliphatic rings. The maximum absolute atomic E-state index is 13.4. The third-order valence-electron chi connectivity index (χ3n) is 4.94. The van der Waals surface area contributed by atoms with E-state index in [0.717, 1.165) is 26.1 Å². The van der Waals surface area contributed by atoms with E-state index in [2.05, 4.69) is 22.6 Å². The van der Waals surface area contributed by atoms with Gasteiger partial charge in [-0.25, -0.2) is 0 Å². The number of hydrogen-bond donors (Lipinski definition) is 0. The number of hydrogen-bond acceptors (Lipinski definition) is 3. The molecule has 6 heteroatoms. The highest BCUT2D eigenvalue weighted by Crippen LogP contribution is 2.36. The highest BCUT2D eigenvalue weighted by molar-refractivity contribution is 14.1. The van der Waals surface area contributed by atoms with Crippen molar-refractivity contribution in [1.29, 1.82) is 0 Å². The van der Waals surface area contributed by atoms with Gasteiger partial charge in [-0.15, -0.1) is 0 Å². The fourth-order valence-corrected chi connectivity index (χ4v) is 3.90. The van der Waals surface area contributed by atoms with Gasteiger partial charge < -0.3 is 9.47 Å². The van der Waals surface area contributed by atoms with E-state index in [9.17, 15) is 4.79 Å². The molecule has 3 aromatic rings. The van der Waals surface area contributed by atoms with E-state index in [-0.39, 0.29) is 5.91 Å². The van der Waals surface area contributed by atoms with Crippen LogP contribution in [0.3, 0.4) is 0 Å². The van der Waals surface area contributed by atoms with Gasteiger partial charge in [-0.3, -0.25) is 9.69 Å². The summed E-state index contributed by atoms with van der Waals surface area (Å²) in [7, 11) is 3.18. The largest absolute Gasteiger partial charge is 0.493 e. The van der Waals surface area contributed by atoms with Crippen molar-refractivity contribution < 1.29 is 14.3 Å². The summed E-state index contributed by atoms with van der Waals surface area (Å²) in [6, 6.07) is 20.9. The number of benzene rings is 3. The van der Waals surface area contributed by atoms with Crippen molar-refractivity contribution >= 4 is 57.6 Å². The first kappa shape index (κ1) is 21.5. The summed E-state index contributed by atoms with van der Waals surface area (Å²) in [4.78, 5) is 15.2. The number of rotatable bonds is 5. The zero-order chi connectivity index (χ0) is 22.0. The number of amides is 1. The minimum absolute atomic E-state index is 0.0963. The number of ether oxygens (including phenoxy) is 2. The quantitative estimate of drug-likeness (QED) is 0.275. The van der Waals surface area contributed by atoms with E-state index < -0.39 is 0 Å². The lowest BCUT2D eigenvalue weighted by Crippen LogP contribution is -2.24. The van der Waals surface area contributed by atoms with Crippen LogP contribution in [0.4, 0.5) is 5.69 Å². The monoisotopic (exact) mass is 543 g/mol. The molecular formula is C25H19ClINO3. The summed E-state index contributed by atoms with van der Waals surface area (Å²) >= 11 is 8.32. The van der Waals surface area contributed by atoms with E-state index in [1.165, 1.54) is 0 Å². The average Bonchev–Trinajstić information content (AvgIpc) is 3.10. The first-order valence-electron chi connectivity index (χ1n) is 9.51. The van der Waals surface area contributed by atoms with Crippen molar-refractivity contribution in [1.82, 2.24) is 0 Å². The van der Waals surface area contributed by atoms with Gasteiger partial charge in [0.15, 0.2) is 11.5 Å². The van der Waals surface area contributed by atoms with Crippen molar-refractivity contribution in [3.63, 3.8) is 0 Å². The first-order valence-corrected chi connectivity index (χ1v) is 11.0. The van der Waals surface area contributed by atoms with Crippen LogP contribution in [0.5, 0.6) is 11.5 Å². The van der Waals surface area contributed by atoms with Gasteiger partial charge in [-0.1, -0.05) is 29.8 Å². The second-order valence-electron chi connectivity index (χ2n) is 6.87. The molecule has 1 heterocycles. The fourth-order valence-electron chi connectivity index (χ4n) is 3.42. The average molecular weight is 544 g/mol. The van der Waals surface area contributed by atoms with Crippen molar-refractivity contribution in [3.05, 3.63) is 98.1 Å². The summed E-state index contributed by atoms with van der Waals surface area (Å²) in [6.07, 6.45) is 3.76. The van der Waals surface area contributed by atoms with Crippen LogP contribution in [-0.4, -0.2) is 20.1 Å². The Morgan fingerprint density at radius 3 is 2.23 bits per heavy atom. The summed E-state index contributed by atoms with van der Waals surface area (Å²) in [5, 5.41) is 0.649. The molecule has 0 fully saturated rings. The highest BCUT2D eigenvalue weighted by Gasteiger charge is 2.30. The van der Waals surface area contributed by atoms with Crippen molar-refractivity contribution in [2.75, 3.05) is 19.1 Å². The number of halogens is 2. The van der Waals surface area contributed by atoms with Crippen LogP contribution >= 0.6 is 34.2 Å². The molecule has 4 rings (SSSR count). The van der Waals surface area contributed by atoms with Crippen molar-refractivity contribution in [2.24, 2.45) is 0 Å². The zero-order valence-electron chi connectivity index (χ0n) is 16.9. The van der Waals surface area contributed by atoms with Crippen LogP contribution in [0, 0.1) is 3.57 Å². The van der Waals surface area contributed by atoms with Crippen LogP contribution in [0.25, 0.3) is 11.8 Å². The summed E-state index contributed by atoms with van der Waals surface area (Å²) in [6.45, 7) is 0. The van der Waals surface area contributed by atoms with E-state index in [1.807, 2.05) is 78.9 Å². The second kappa shape index (κ2) is 9.16. The molecule has 4 nitrogen and oxygen atoms in total. The smallest absolute Gasteiger partial charge is 0.262 e. The molecule has 0 N–H and O–H groups in total. The third kappa shape index (κ3) is 4.48. The summed E-state index contributed by atoms with van der Waals surface area (Å²) in [5.74, 6) is 1.15. The number of carbonyl (C=O) groups is 1. The standard InChI is InChI=1S/C25H19ClINO3/c1-30-23-12-3-16(14-24(23)31-2)13-18-15-22(17-4-6-19(26)7-5-17)28(25(18)29)21-10-8-20(27)9-11-21/h3-15H,1-2H3/b18-13+. The van der Waals surface area contributed by atoms with Crippen LogP contribution in [0.1, 0.15) is 11.1 Å². The van der Waals surface area contributed by atoms with Crippen LogP contribution in [0.2, 0.25) is 5.02 Å². The number of nitrogens with zero attached hydrogens (tertiary/aromatic N) is 1. The van der Waals surface area contributed by atoms with Crippen molar-refractivity contribution in [2.45, 2.75) is 0 Å². The van der Waals surface area contributed by atoms with Gasteiger partial charge in [0.1, 0.15) is 0 Å². The number of carbonyl (C=O) groups excluding carboxylic acids is 1. The Balaban J connectivity index is 1.80. The Kier molecular flexibility index (Phi) is 6.34. The predicted molar refractivity (Wildman–Crippen MR) is 134 cm³/mol. The fraction of sp³-hybridized carbons (Fsp3) is 0.0800. The van der Waals surface area contributed by atoms with Gasteiger partial charge in [0.05, 0.1) is 19.9 Å². The number of methoxy groups -OCH3 is 2. The molecule has 1 amide bonds. The Morgan fingerprint density at radius 1 is 0.903 bits per heavy atom. The minimum atomic E-state index is -0.0963. The van der Waals surface area contributed by atoms with E-state index in [0.29, 0.717) is 22.1 Å². The Bertz CT molecular complexity index is 1180. The van der Waals surface area contributed by atoms with Gasteiger partial charge in [0, 0.05) is 19.9 Å². The Hall–Kier alpha value is -2.77. The van der Waals surface area contributed by atoms with E-state index >= 15 is 0 Å². The van der Waals surface area contributed by atoms with Gasteiger partial charge in [-0.2, -0.15) is 0 Å². The van der Waals surface area contributed by atoms with Crippen molar-refractivity contribution in [3.8, 4) is 11.5 Å². The van der Waals surface area contributed by atoms with E-state index in [4.69, 9.17) is 21.1 Å². The Labute approximate surface area is 199 Å². The lowest BCUT2D eigenvalue weighted by Gasteiger charge is -2.21. The van der Waals surface area contributed by atoms with Crippen LogP contribution in [0.15, 0.2) is 78.4 Å². The lowest BCUT2D eigenvalue weighted by atomic mass is 10.1.